The molecule has 0 aliphatic rings. The Morgan fingerprint density at radius 2 is 1.60 bits per heavy atom. The number of hydrogen-bond acceptors (Lipinski definition) is 4. The Labute approximate surface area is 177 Å². The van der Waals surface area contributed by atoms with Crippen LogP contribution in [-0.4, -0.2) is 14.8 Å². The third kappa shape index (κ3) is 4.52. The second-order valence-corrected chi connectivity index (χ2v) is 7.55. The number of ether oxygens (including phenoxy) is 1. The van der Waals surface area contributed by atoms with E-state index in [1.807, 2.05) is 47.9 Å². The summed E-state index contributed by atoms with van der Waals surface area (Å²) in [6, 6.07) is 22.2. The minimum atomic E-state index is -0.439. The summed E-state index contributed by atoms with van der Waals surface area (Å²) in [5, 5.41) is 9.30. The summed E-state index contributed by atoms with van der Waals surface area (Å²) >= 11 is 1.40. The smallest absolute Gasteiger partial charge is 0.196 e. The fourth-order valence-electron chi connectivity index (χ4n) is 2.99. The highest BCUT2D eigenvalue weighted by atomic mass is 32.2. The van der Waals surface area contributed by atoms with E-state index in [2.05, 4.69) is 10.2 Å². The van der Waals surface area contributed by atoms with Gasteiger partial charge in [0.25, 0.3) is 0 Å². The van der Waals surface area contributed by atoms with E-state index in [-0.39, 0.29) is 11.6 Å². The van der Waals surface area contributed by atoms with Crippen molar-refractivity contribution in [1.29, 1.82) is 0 Å². The first-order valence-electron chi connectivity index (χ1n) is 9.41. The lowest BCUT2D eigenvalue weighted by atomic mass is 10.2. The third-order valence-electron chi connectivity index (χ3n) is 4.48. The summed E-state index contributed by atoms with van der Waals surface area (Å²) < 4.78 is 35.1. The Hall–Kier alpha value is -3.19. The van der Waals surface area contributed by atoms with Crippen molar-refractivity contribution in [2.45, 2.75) is 23.9 Å². The summed E-state index contributed by atoms with van der Waals surface area (Å²) in [7, 11) is 0. The standard InChI is InChI=1S/C23H19F2N3OS/c1-16(29-20-13-11-18(24)12-14-20)22-26-27-23(28(22)19-8-3-2-4-9-19)30-15-17-7-5-6-10-21(17)25/h2-14,16H,15H2,1H3. The molecule has 1 atom stereocenters. The Bertz CT molecular complexity index is 1120. The van der Waals surface area contributed by atoms with Gasteiger partial charge in [-0.25, -0.2) is 8.78 Å². The van der Waals surface area contributed by atoms with Crippen molar-refractivity contribution in [3.63, 3.8) is 0 Å². The first-order valence-corrected chi connectivity index (χ1v) is 10.4. The molecule has 0 spiro atoms. The first kappa shape index (κ1) is 20.1. The van der Waals surface area contributed by atoms with E-state index in [1.54, 1.807) is 24.3 Å². The summed E-state index contributed by atoms with van der Waals surface area (Å²) in [6.45, 7) is 1.86. The zero-order valence-electron chi connectivity index (χ0n) is 16.2. The third-order valence-corrected chi connectivity index (χ3v) is 5.46. The van der Waals surface area contributed by atoms with Crippen molar-refractivity contribution in [1.82, 2.24) is 14.8 Å². The van der Waals surface area contributed by atoms with Gasteiger partial charge in [-0.2, -0.15) is 0 Å². The van der Waals surface area contributed by atoms with Gasteiger partial charge in [0, 0.05) is 11.4 Å². The second kappa shape index (κ2) is 9.09. The summed E-state index contributed by atoms with van der Waals surface area (Å²) in [4.78, 5) is 0. The number of aromatic nitrogens is 3. The number of para-hydroxylation sites is 1. The molecule has 1 aromatic heterocycles. The molecule has 1 heterocycles. The maximum Gasteiger partial charge on any atom is 0.196 e. The molecule has 0 fully saturated rings. The van der Waals surface area contributed by atoms with Crippen LogP contribution in [0.1, 0.15) is 24.4 Å². The summed E-state index contributed by atoms with van der Waals surface area (Å²) in [5.41, 5.74) is 1.48. The van der Waals surface area contributed by atoms with Crippen LogP contribution in [-0.2, 0) is 5.75 Å². The molecule has 0 radical (unpaired) electrons. The van der Waals surface area contributed by atoms with Crippen molar-refractivity contribution in [3.8, 4) is 11.4 Å². The van der Waals surface area contributed by atoms with Crippen molar-refractivity contribution < 1.29 is 13.5 Å². The lowest BCUT2D eigenvalue weighted by molar-refractivity contribution is 0.213. The molecule has 4 aromatic rings. The molecule has 0 aliphatic heterocycles. The maximum atomic E-state index is 14.0. The fourth-order valence-corrected chi connectivity index (χ4v) is 3.93. The van der Waals surface area contributed by atoms with Gasteiger partial charge in [0.05, 0.1) is 0 Å². The van der Waals surface area contributed by atoms with E-state index in [0.717, 1.165) is 5.69 Å². The largest absolute Gasteiger partial charge is 0.483 e. The molecular formula is C23H19F2N3OS. The number of hydrogen-bond donors (Lipinski definition) is 0. The topological polar surface area (TPSA) is 39.9 Å². The van der Waals surface area contributed by atoms with E-state index in [0.29, 0.717) is 28.0 Å². The van der Waals surface area contributed by atoms with Crippen LogP contribution in [0.25, 0.3) is 5.69 Å². The SMILES string of the molecule is CC(Oc1ccc(F)cc1)c1nnc(SCc2ccccc2F)n1-c1ccccc1. The zero-order valence-corrected chi connectivity index (χ0v) is 17.0. The van der Waals surface area contributed by atoms with Crippen LogP contribution < -0.4 is 4.74 Å². The molecule has 0 aliphatic carbocycles. The minimum absolute atomic E-state index is 0.246. The van der Waals surface area contributed by atoms with Crippen LogP contribution in [0.15, 0.2) is 84.0 Å². The quantitative estimate of drug-likeness (QED) is 0.343. The van der Waals surface area contributed by atoms with Gasteiger partial charge >= 0.3 is 0 Å². The zero-order chi connectivity index (χ0) is 20.9. The highest BCUT2D eigenvalue weighted by molar-refractivity contribution is 7.98. The minimum Gasteiger partial charge on any atom is -0.483 e. The van der Waals surface area contributed by atoms with Gasteiger partial charge in [-0.15, -0.1) is 10.2 Å². The Balaban J connectivity index is 1.63. The molecule has 0 saturated carbocycles. The van der Waals surface area contributed by atoms with E-state index in [9.17, 15) is 8.78 Å². The fraction of sp³-hybridized carbons (Fsp3) is 0.130. The lowest BCUT2D eigenvalue weighted by Gasteiger charge is -2.16. The van der Waals surface area contributed by atoms with Crippen molar-refractivity contribution in [2.75, 3.05) is 0 Å². The van der Waals surface area contributed by atoms with Gasteiger partial charge in [-0.05, 0) is 55.0 Å². The van der Waals surface area contributed by atoms with Gasteiger partial charge in [0.1, 0.15) is 17.4 Å². The summed E-state index contributed by atoms with van der Waals surface area (Å²) in [5.74, 6) is 0.983. The van der Waals surface area contributed by atoms with Crippen LogP contribution in [0, 0.1) is 11.6 Å². The molecule has 3 aromatic carbocycles. The molecule has 30 heavy (non-hydrogen) atoms. The first-order chi connectivity index (χ1) is 14.6. The number of rotatable bonds is 7. The van der Waals surface area contributed by atoms with Gasteiger partial charge in [0.15, 0.2) is 17.1 Å². The van der Waals surface area contributed by atoms with Crippen LogP contribution in [0.2, 0.25) is 0 Å². The highest BCUT2D eigenvalue weighted by Gasteiger charge is 2.21. The lowest BCUT2D eigenvalue weighted by Crippen LogP contribution is -2.11. The normalized spacial score (nSPS) is 12.0. The van der Waals surface area contributed by atoms with Crippen molar-refractivity contribution in [2.24, 2.45) is 0 Å². The van der Waals surface area contributed by atoms with Gasteiger partial charge < -0.3 is 4.74 Å². The van der Waals surface area contributed by atoms with Gasteiger partial charge in [0.2, 0.25) is 0 Å². The second-order valence-electron chi connectivity index (χ2n) is 6.61. The number of halogens is 2. The molecular weight excluding hydrogens is 404 g/mol. The maximum absolute atomic E-state index is 14.0. The molecule has 0 bridgehead atoms. The monoisotopic (exact) mass is 423 g/mol. The number of benzene rings is 3. The Kier molecular flexibility index (Phi) is 6.09. The molecule has 7 heteroatoms. The van der Waals surface area contributed by atoms with Crippen molar-refractivity contribution in [3.05, 3.63) is 102 Å². The molecule has 4 rings (SSSR count). The average molecular weight is 423 g/mol. The van der Waals surface area contributed by atoms with Crippen LogP contribution >= 0.6 is 11.8 Å². The molecule has 1 unspecified atom stereocenters. The number of nitrogens with zero attached hydrogens (tertiary/aromatic N) is 3. The van der Waals surface area contributed by atoms with Gasteiger partial charge in [-0.3, -0.25) is 4.57 Å². The molecule has 0 N–H and O–H groups in total. The Morgan fingerprint density at radius 3 is 2.33 bits per heavy atom. The van der Waals surface area contributed by atoms with E-state index < -0.39 is 6.10 Å². The van der Waals surface area contributed by atoms with Crippen LogP contribution in [0.5, 0.6) is 5.75 Å². The predicted octanol–water partition coefficient (Wildman–Crippen LogP) is 5.98. The highest BCUT2D eigenvalue weighted by Crippen LogP contribution is 2.30. The molecule has 0 amide bonds. The Morgan fingerprint density at radius 1 is 0.900 bits per heavy atom. The van der Waals surface area contributed by atoms with E-state index in [1.165, 1.54) is 30.0 Å². The predicted molar refractivity (Wildman–Crippen MR) is 113 cm³/mol. The average Bonchev–Trinajstić information content (AvgIpc) is 3.19. The van der Waals surface area contributed by atoms with Crippen LogP contribution in [0.4, 0.5) is 8.78 Å². The summed E-state index contributed by atoms with van der Waals surface area (Å²) in [6.07, 6.45) is -0.439. The van der Waals surface area contributed by atoms with E-state index >= 15 is 0 Å². The molecule has 152 valence electrons. The molecule has 4 nitrogen and oxygen atoms in total. The van der Waals surface area contributed by atoms with Gasteiger partial charge in [-0.1, -0.05) is 48.2 Å². The number of thioether (sulfide) groups is 1. The van der Waals surface area contributed by atoms with Crippen LogP contribution in [0.3, 0.4) is 0 Å². The van der Waals surface area contributed by atoms with Crippen molar-refractivity contribution >= 4 is 11.8 Å². The molecule has 0 saturated heterocycles. The van der Waals surface area contributed by atoms with E-state index in [4.69, 9.17) is 4.74 Å².